The molecule has 2 atom stereocenters. The van der Waals surface area contributed by atoms with Crippen LogP contribution < -0.4 is 5.73 Å². The van der Waals surface area contributed by atoms with Crippen LogP contribution in [-0.2, 0) is 17.3 Å². The normalized spacial score (nSPS) is 27.2. The summed E-state index contributed by atoms with van der Waals surface area (Å²) in [4.78, 5) is 10.8. The van der Waals surface area contributed by atoms with E-state index in [1.165, 1.54) is 0 Å². The van der Waals surface area contributed by atoms with E-state index in [2.05, 4.69) is 5.10 Å². The average Bonchev–Trinajstić information content (AvgIpc) is 2.88. The van der Waals surface area contributed by atoms with Crippen molar-refractivity contribution < 1.29 is 22.4 Å². The minimum absolute atomic E-state index is 0.0822. The van der Waals surface area contributed by atoms with Gasteiger partial charge in [-0.15, -0.1) is 0 Å². The number of primary amides is 1. The Balaban J connectivity index is 2.16. The molecule has 18 heavy (non-hydrogen) atoms. The third kappa shape index (κ3) is 1.31. The number of rotatable bonds is 3. The second-order valence-electron chi connectivity index (χ2n) is 4.64. The third-order valence-electron chi connectivity index (χ3n) is 3.47. The fraction of sp³-hybridized carbons (Fsp3) is 0.600. The Labute approximate surface area is 98.7 Å². The van der Waals surface area contributed by atoms with Crippen molar-refractivity contribution in [2.24, 2.45) is 11.7 Å². The van der Waals surface area contributed by atoms with E-state index >= 15 is 0 Å². The zero-order valence-electron chi connectivity index (χ0n) is 9.04. The standard InChI is InChI=1S/C10H9F4N3O/c11-9(12)7-6-3-1-4(3)10(13,14)8(6)17(16-7)2-5(15)18/h3-4,9H,1-2H2,(H2,15,18)/t3-,4+/m1/s1. The summed E-state index contributed by atoms with van der Waals surface area (Å²) in [6.45, 7) is -0.607. The summed E-state index contributed by atoms with van der Waals surface area (Å²) in [5, 5.41) is 3.43. The largest absolute Gasteiger partial charge is 0.368 e. The first kappa shape index (κ1) is 11.5. The highest BCUT2D eigenvalue weighted by Gasteiger charge is 2.67. The molecule has 1 aromatic rings. The van der Waals surface area contributed by atoms with Gasteiger partial charge >= 0.3 is 0 Å². The number of fused-ring (bicyclic) bond motifs is 3. The van der Waals surface area contributed by atoms with Gasteiger partial charge in [0.25, 0.3) is 12.3 Å². The smallest absolute Gasteiger partial charge is 0.293 e. The van der Waals surface area contributed by atoms with Gasteiger partial charge in [-0.3, -0.25) is 9.48 Å². The molecule has 0 spiro atoms. The van der Waals surface area contributed by atoms with Crippen molar-refractivity contribution in [1.82, 2.24) is 9.78 Å². The number of nitrogens with zero attached hydrogens (tertiary/aromatic N) is 2. The van der Waals surface area contributed by atoms with Crippen LogP contribution in [0.4, 0.5) is 17.6 Å². The topological polar surface area (TPSA) is 60.9 Å². The van der Waals surface area contributed by atoms with E-state index in [0.717, 1.165) is 0 Å². The predicted molar refractivity (Wildman–Crippen MR) is 51.1 cm³/mol. The number of hydrogen-bond acceptors (Lipinski definition) is 2. The number of alkyl halides is 4. The fourth-order valence-corrected chi connectivity index (χ4v) is 2.72. The lowest BCUT2D eigenvalue weighted by Gasteiger charge is -2.14. The van der Waals surface area contributed by atoms with Crippen LogP contribution in [0.25, 0.3) is 0 Å². The molecule has 4 nitrogen and oxygen atoms in total. The van der Waals surface area contributed by atoms with E-state index < -0.39 is 48.0 Å². The first-order valence-corrected chi connectivity index (χ1v) is 5.39. The Morgan fingerprint density at radius 1 is 1.56 bits per heavy atom. The number of carbonyl (C=O) groups excluding carboxylic acids is 1. The van der Waals surface area contributed by atoms with Crippen LogP contribution in [0.2, 0.25) is 0 Å². The molecule has 1 saturated carbocycles. The van der Waals surface area contributed by atoms with Gasteiger partial charge in [-0.2, -0.15) is 13.9 Å². The number of hydrogen-bond donors (Lipinski definition) is 1. The number of halogens is 4. The Bertz CT molecular complexity index is 539. The molecule has 0 saturated heterocycles. The maximum atomic E-state index is 13.9. The summed E-state index contributed by atoms with van der Waals surface area (Å²) < 4.78 is 54.0. The molecule has 98 valence electrons. The zero-order chi connectivity index (χ0) is 13.2. The third-order valence-corrected chi connectivity index (χ3v) is 3.47. The lowest BCUT2D eigenvalue weighted by atomic mass is 10.1. The van der Waals surface area contributed by atoms with Crippen LogP contribution >= 0.6 is 0 Å². The maximum Gasteiger partial charge on any atom is 0.293 e. The number of nitrogens with two attached hydrogens (primary N) is 1. The van der Waals surface area contributed by atoms with Crippen LogP contribution in [0.1, 0.15) is 35.7 Å². The van der Waals surface area contributed by atoms with E-state index in [4.69, 9.17) is 5.73 Å². The van der Waals surface area contributed by atoms with Crippen LogP contribution in [0, 0.1) is 5.92 Å². The monoisotopic (exact) mass is 263 g/mol. The van der Waals surface area contributed by atoms with Gasteiger partial charge < -0.3 is 5.73 Å². The minimum Gasteiger partial charge on any atom is -0.368 e. The van der Waals surface area contributed by atoms with E-state index in [0.29, 0.717) is 4.68 Å². The van der Waals surface area contributed by atoms with Gasteiger partial charge in [0, 0.05) is 11.5 Å². The predicted octanol–water partition coefficient (Wildman–Crippen LogP) is 1.51. The lowest BCUT2D eigenvalue weighted by Crippen LogP contribution is -2.26. The lowest BCUT2D eigenvalue weighted by molar-refractivity contribution is -0.119. The maximum absolute atomic E-state index is 13.9. The number of aromatic nitrogens is 2. The molecule has 1 fully saturated rings. The molecule has 0 aliphatic heterocycles. The summed E-state index contributed by atoms with van der Waals surface area (Å²) in [6, 6.07) is 0. The molecular formula is C10H9F4N3O. The highest BCUT2D eigenvalue weighted by atomic mass is 19.3. The summed E-state index contributed by atoms with van der Waals surface area (Å²) in [6.07, 6.45) is -2.73. The first-order valence-electron chi connectivity index (χ1n) is 5.39. The summed E-state index contributed by atoms with van der Waals surface area (Å²) in [7, 11) is 0. The molecule has 2 aliphatic rings. The van der Waals surface area contributed by atoms with Crippen molar-refractivity contribution in [3.63, 3.8) is 0 Å². The Morgan fingerprint density at radius 2 is 2.22 bits per heavy atom. The van der Waals surface area contributed by atoms with E-state index in [-0.39, 0.29) is 12.0 Å². The molecule has 0 bridgehead atoms. The number of carbonyl (C=O) groups is 1. The second-order valence-corrected chi connectivity index (χ2v) is 4.64. The average molecular weight is 263 g/mol. The SMILES string of the molecule is NC(=O)Cn1nc(C(F)F)c2c1C(F)(F)[C@H]1C[C@@H]21. The van der Waals surface area contributed by atoms with Crippen LogP contribution in [0.3, 0.4) is 0 Å². The van der Waals surface area contributed by atoms with E-state index in [1.807, 2.05) is 0 Å². The van der Waals surface area contributed by atoms with Gasteiger partial charge in [-0.25, -0.2) is 8.78 Å². The summed E-state index contributed by atoms with van der Waals surface area (Å²) in [5.41, 5.74) is 3.62. The van der Waals surface area contributed by atoms with Gasteiger partial charge in [-0.05, 0) is 12.3 Å². The van der Waals surface area contributed by atoms with Gasteiger partial charge in [0.2, 0.25) is 5.91 Å². The van der Waals surface area contributed by atoms with Crippen molar-refractivity contribution in [2.75, 3.05) is 0 Å². The molecule has 3 rings (SSSR count). The van der Waals surface area contributed by atoms with Gasteiger partial charge in [0.1, 0.15) is 17.9 Å². The summed E-state index contributed by atoms with van der Waals surface area (Å²) >= 11 is 0. The van der Waals surface area contributed by atoms with Gasteiger partial charge in [-0.1, -0.05) is 0 Å². The quantitative estimate of drug-likeness (QED) is 0.840. The molecule has 0 unspecified atom stereocenters. The summed E-state index contributed by atoms with van der Waals surface area (Å²) in [5.74, 6) is -5.57. The van der Waals surface area contributed by atoms with Crippen molar-refractivity contribution in [1.29, 1.82) is 0 Å². The van der Waals surface area contributed by atoms with Crippen molar-refractivity contribution in [2.45, 2.75) is 31.2 Å². The van der Waals surface area contributed by atoms with Crippen molar-refractivity contribution in [3.8, 4) is 0 Å². The Kier molecular flexibility index (Phi) is 2.07. The Hall–Kier alpha value is -1.60. The fourth-order valence-electron chi connectivity index (χ4n) is 2.72. The van der Waals surface area contributed by atoms with Gasteiger partial charge in [0.15, 0.2) is 0 Å². The second kappa shape index (κ2) is 3.24. The molecule has 1 amide bonds. The minimum atomic E-state index is -3.20. The van der Waals surface area contributed by atoms with Crippen LogP contribution in [0.5, 0.6) is 0 Å². The van der Waals surface area contributed by atoms with E-state index in [9.17, 15) is 22.4 Å². The Morgan fingerprint density at radius 3 is 2.78 bits per heavy atom. The highest BCUT2D eigenvalue weighted by molar-refractivity contribution is 5.73. The van der Waals surface area contributed by atoms with Crippen LogP contribution in [0.15, 0.2) is 0 Å². The van der Waals surface area contributed by atoms with E-state index in [1.54, 1.807) is 0 Å². The molecule has 0 radical (unpaired) electrons. The first-order chi connectivity index (χ1) is 8.34. The van der Waals surface area contributed by atoms with Crippen molar-refractivity contribution >= 4 is 5.91 Å². The molecule has 2 aliphatic carbocycles. The number of amides is 1. The molecular weight excluding hydrogens is 254 g/mol. The zero-order valence-corrected chi connectivity index (χ0v) is 9.04. The van der Waals surface area contributed by atoms with Gasteiger partial charge in [0.05, 0.1) is 0 Å². The molecule has 8 heteroatoms. The molecule has 0 aromatic carbocycles. The van der Waals surface area contributed by atoms with Crippen LogP contribution in [-0.4, -0.2) is 15.7 Å². The highest BCUT2D eigenvalue weighted by Crippen LogP contribution is 2.68. The molecule has 2 N–H and O–H groups in total. The molecule has 1 heterocycles. The van der Waals surface area contributed by atoms with Crippen molar-refractivity contribution in [3.05, 3.63) is 17.0 Å². The molecule has 1 aromatic heterocycles.